The molecule has 0 spiro atoms. The minimum atomic E-state index is -0.282. The van der Waals surface area contributed by atoms with E-state index in [0.29, 0.717) is 12.1 Å². The zero-order valence-corrected chi connectivity index (χ0v) is 15.3. The molecule has 1 fully saturated rings. The SMILES string of the molecule is CC(C)(C)N1CC(Oc2cc3c(cc2-c2ccc(F)cc2)C(=O)NC3)C1. The molecule has 0 bridgehead atoms. The number of likely N-dealkylation sites (tertiary alicyclic amines) is 1. The average molecular weight is 354 g/mol. The van der Waals surface area contributed by atoms with E-state index in [2.05, 4.69) is 31.0 Å². The highest BCUT2D eigenvalue weighted by molar-refractivity contribution is 6.00. The molecule has 0 radical (unpaired) electrons. The Morgan fingerprint density at radius 1 is 1.12 bits per heavy atom. The van der Waals surface area contributed by atoms with Gasteiger partial charge >= 0.3 is 0 Å². The number of hydrogen-bond acceptors (Lipinski definition) is 3. The van der Waals surface area contributed by atoms with Gasteiger partial charge in [0, 0.05) is 36.3 Å². The molecule has 2 aromatic rings. The maximum Gasteiger partial charge on any atom is 0.251 e. The van der Waals surface area contributed by atoms with Crippen LogP contribution in [0.4, 0.5) is 4.39 Å². The van der Waals surface area contributed by atoms with Gasteiger partial charge in [-0.05, 0) is 56.2 Å². The smallest absolute Gasteiger partial charge is 0.251 e. The van der Waals surface area contributed by atoms with Crippen LogP contribution in [0.3, 0.4) is 0 Å². The molecular weight excluding hydrogens is 331 g/mol. The van der Waals surface area contributed by atoms with Gasteiger partial charge in [-0.2, -0.15) is 0 Å². The van der Waals surface area contributed by atoms with Crippen molar-refractivity contribution in [2.24, 2.45) is 0 Å². The molecule has 26 heavy (non-hydrogen) atoms. The molecule has 1 amide bonds. The van der Waals surface area contributed by atoms with Crippen molar-refractivity contribution in [2.45, 2.75) is 39.0 Å². The van der Waals surface area contributed by atoms with Gasteiger partial charge in [-0.1, -0.05) is 12.1 Å². The zero-order chi connectivity index (χ0) is 18.5. The first-order valence-electron chi connectivity index (χ1n) is 8.94. The first kappa shape index (κ1) is 17.0. The summed E-state index contributed by atoms with van der Waals surface area (Å²) in [5.41, 5.74) is 3.42. The van der Waals surface area contributed by atoms with Crippen molar-refractivity contribution >= 4 is 5.91 Å². The molecule has 2 aromatic carbocycles. The number of rotatable bonds is 3. The van der Waals surface area contributed by atoms with Gasteiger partial charge in [-0.15, -0.1) is 0 Å². The van der Waals surface area contributed by atoms with Gasteiger partial charge in [0.25, 0.3) is 5.91 Å². The molecule has 0 aromatic heterocycles. The van der Waals surface area contributed by atoms with E-state index in [4.69, 9.17) is 4.74 Å². The second kappa shape index (κ2) is 6.09. The average Bonchev–Trinajstić information content (AvgIpc) is 2.90. The quantitative estimate of drug-likeness (QED) is 0.916. The maximum absolute atomic E-state index is 13.3. The molecule has 4 rings (SSSR count). The summed E-state index contributed by atoms with van der Waals surface area (Å²) in [5.74, 6) is 0.401. The van der Waals surface area contributed by atoms with E-state index in [0.717, 1.165) is 35.5 Å². The standard InChI is InChI=1S/C21H23FN2O2/c1-21(2,3)24-11-16(12-24)26-19-8-14-10-23-20(25)18(14)9-17(19)13-4-6-15(22)7-5-13/h4-9,16H,10-12H2,1-3H3,(H,23,25). The zero-order valence-electron chi connectivity index (χ0n) is 15.3. The van der Waals surface area contributed by atoms with E-state index in [1.807, 2.05) is 12.1 Å². The van der Waals surface area contributed by atoms with Crippen LogP contribution in [0.25, 0.3) is 11.1 Å². The van der Waals surface area contributed by atoms with Crippen LogP contribution in [0.5, 0.6) is 5.75 Å². The van der Waals surface area contributed by atoms with Crippen molar-refractivity contribution in [1.29, 1.82) is 0 Å². The van der Waals surface area contributed by atoms with Crippen LogP contribution in [0.1, 0.15) is 36.7 Å². The van der Waals surface area contributed by atoms with Crippen molar-refractivity contribution in [2.75, 3.05) is 13.1 Å². The number of fused-ring (bicyclic) bond motifs is 1. The van der Waals surface area contributed by atoms with Crippen LogP contribution in [0.2, 0.25) is 0 Å². The molecule has 0 saturated carbocycles. The van der Waals surface area contributed by atoms with Gasteiger partial charge in [0.1, 0.15) is 17.7 Å². The summed E-state index contributed by atoms with van der Waals surface area (Å²) < 4.78 is 19.6. The molecule has 1 N–H and O–H groups in total. The number of amides is 1. The molecule has 136 valence electrons. The maximum atomic E-state index is 13.3. The van der Waals surface area contributed by atoms with Crippen molar-refractivity contribution in [3.8, 4) is 16.9 Å². The fourth-order valence-electron chi connectivity index (χ4n) is 3.44. The minimum Gasteiger partial charge on any atom is -0.487 e. The lowest BCUT2D eigenvalue weighted by atomic mass is 9.97. The summed E-state index contributed by atoms with van der Waals surface area (Å²) in [6.07, 6.45) is 0.122. The van der Waals surface area contributed by atoms with E-state index in [1.165, 1.54) is 12.1 Å². The monoisotopic (exact) mass is 354 g/mol. The lowest BCUT2D eigenvalue weighted by molar-refractivity contribution is -0.0347. The van der Waals surface area contributed by atoms with E-state index < -0.39 is 0 Å². The topological polar surface area (TPSA) is 41.6 Å². The second-order valence-electron chi connectivity index (χ2n) is 8.01. The Morgan fingerprint density at radius 2 is 1.81 bits per heavy atom. The van der Waals surface area contributed by atoms with E-state index in [-0.39, 0.29) is 23.4 Å². The summed E-state index contributed by atoms with van der Waals surface area (Å²) in [6, 6.07) is 10.1. The van der Waals surface area contributed by atoms with Gasteiger partial charge in [0.2, 0.25) is 0 Å². The number of hydrogen-bond donors (Lipinski definition) is 1. The number of nitrogens with zero attached hydrogens (tertiary/aromatic N) is 1. The molecule has 0 atom stereocenters. The highest BCUT2D eigenvalue weighted by Gasteiger charge is 2.36. The van der Waals surface area contributed by atoms with Crippen LogP contribution in [0, 0.1) is 5.82 Å². The summed E-state index contributed by atoms with van der Waals surface area (Å²) in [7, 11) is 0. The van der Waals surface area contributed by atoms with Crippen LogP contribution < -0.4 is 10.1 Å². The number of ether oxygens (including phenoxy) is 1. The Bertz CT molecular complexity index is 850. The van der Waals surface area contributed by atoms with E-state index in [9.17, 15) is 9.18 Å². The Hall–Kier alpha value is -2.40. The molecule has 5 heteroatoms. The molecule has 2 heterocycles. The van der Waals surface area contributed by atoms with Gasteiger partial charge in [0.05, 0.1) is 0 Å². The van der Waals surface area contributed by atoms with Crippen molar-refractivity contribution in [1.82, 2.24) is 10.2 Å². The van der Waals surface area contributed by atoms with E-state index in [1.54, 1.807) is 12.1 Å². The molecule has 1 saturated heterocycles. The summed E-state index contributed by atoms with van der Waals surface area (Å²) in [4.78, 5) is 14.4. The van der Waals surface area contributed by atoms with E-state index >= 15 is 0 Å². The summed E-state index contributed by atoms with van der Waals surface area (Å²) in [6.45, 7) is 8.85. The fourth-order valence-corrected chi connectivity index (χ4v) is 3.44. The highest BCUT2D eigenvalue weighted by atomic mass is 19.1. The lowest BCUT2D eigenvalue weighted by Gasteiger charge is -2.47. The normalized spacial score (nSPS) is 17.6. The third kappa shape index (κ3) is 3.07. The number of halogens is 1. The molecule has 0 unspecified atom stereocenters. The number of carbonyl (C=O) groups excluding carboxylic acids is 1. The fraction of sp³-hybridized carbons (Fsp3) is 0.381. The number of benzene rings is 2. The largest absolute Gasteiger partial charge is 0.487 e. The summed E-state index contributed by atoms with van der Waals surface area (Å²) >= 11 is 0. The lowest BCUT2D eigenvalue weighted by Crippen LogP contribution is -2.60. The highest BCUT2D eigenvalue weighted by Crippen LogP contribution is 2.36. The van der Waals surface area contributed by atoms with Gasteiger partial charge in [-0.3, -0.25) is 9.69 Å². The predicted octanol–water partition coefficient (Wildman–Crippen LogP) is 3.60. The molecule has 4 nitrogen and oxygen atoms in total. The second-order valence-corrected chi connectivity index (χ2v) is 8.01. The number of nitrogens with one attached hydrogen (secondary N) is 1. The molecule has 0 aliphatic carbocycles. The van der Waals surface area contributed by atoms with Crippen LogP contribution in [-0.4, -0.2) is 35.5 Å². The van der Waals surface area contributed by atoms with Crippen LogP contribution in [0.15, 0.2) is 36.4 Å². The van der Waals surface area contributed by atoms with Crippen LogP contribution in [-0.2, 0) is 6.54 Å². The number of carbonyl (C=O) groups is 1. The Balaban J connectivity index is 1.65. The first-order valence-corrected chi connectivity index (χ1v) is 8.94. The minimum absolute atomic E-state index is 0.0718. The third-order valence-electron chi connectivity index (χ3n) is 5.14. The molecular formula is C21H23FN2O2. The van der Waals surface area contributed by atoms with Gasteiger partial charge in [-0.25, -0.2) is 4.39 Å². The molecule has 2 aliphatic rings. The Kier molecular flexibility index (Phi) is 3.99. The van der Waals surface area contributed by atoms with Gasteiger partial charge < -0.3 is 10.1 Å². The van der Waals surface area contributed by atoms with Crippen molar-refractivity contribution in [3.05, 3.63) is 53.3 Å². The van der Waals surface area contributed by atoms with Crippen LogP contribution >= 0.6 is 0 Å². The Morgan fingerprint density at radius 3 is 2.46 bits per heavy atom. The van der Waals surface area contributed by atoms with Gasteiger partial charge in [0.15, 0.2) is 0 Å². The predicted molar refractivity (Wildman–Crippen MR) is 98.7 cm³/mol. The Labute approximate surface area is 153 Å². The van der Waals surface area contributed by atoms with Crippen molar-refractivity contribution < 1.29 is 13.9 Å². The molecule has 2 aliphatic heterocycles. The first-order chi connectivity index (χ1) is 12.3. The third-order valence-corrected chi connectivity index (χ3v) is 5.14. The summed E-state index contributed by atoms with van der Waals surface area (Å²) in [5, 5.41) is 2.85. The van der Waals surface area contributed by atoms with Crippen molar-refractivity contribution in [3.63, 3.8) is 0 Å².